The van der Waals surface area contributed by atoms with E-state index in [1.165, 1.54) is 0 Å². The number of pyridine rings is 1. The molecule has 0 unspecified atom stereocenters. The van der Waals surface area contributed by atoms with Gasteiger partial charge in [0.1, 0.15) is 28.8 Å². The predicted octanol–water partition coefficient (Wildman–Crippen LogP) is 4.09. The number of nitrogens with two attached hydrogens (primary N) is 1. The summed E-state index contributed by atoms with van der Waals surface area (Å²) < 4.78 is 11.6. The van der Waals surface area contributed by atoms with Crippen LogP contribution in [0.15, 0.2) is 72.9 Å². The monoisotopic (exact) mass is 336 g/mol. The highest BCUT2D eigenvalue weighted by Crippen LogP contribution is 2.26. The second-order valence-electron chi connectivity index (χ2n) is 5.06. The Labute approximate surface area is 145 Å². The standard InChI is InChI=1S/C19H16N2O2S/c20-19(24)18-17(7-4-12-21-18)23-16-10-8-15(9-11-16)22-13-14-5-2-1-3-6-14/h1-12H,13H2,(H2,20,24). The SMILES string of the molecule is NC(=S)c1ncccc1Oc1ccc(OCc2ccccc2)cc1. The number of aromatic nitrogens is 1. The number of nitrogens with zero attached hydrogens (tertiary/aromatic N) is 1. The van der Waals surface area contributed by atoms with E-state index in [-0.39, 0.29) is 4.99 Å². The van der Waals surface area contributed by atoms with Gasteiger partial charge in [0.25, 0.3) is 0 Å². The fourth-order valence-electron chi connectivity index (χ4n) is 2.13. The topological polar surface area (TPSA) is 57.4 Å². The first-order valence-electron chi connectivity index (χ1n) is 7.42. The molecule has 2 aromatic carbocycles. The van der Waals surface area contributed by atoms with Crippen LogP contribution in [-0.4, -0.2) is 9.97 Å². The van der Waals surface area contributed by atoms with Crippen LogP contribution < -0.4 is 15.2 Å². The summed E-state index contributed by atoms with van der Waals surface area (Å²) in [4.78, 5) is 4.34. The Morgan fingerprint density at radius 3 is 2.33 bits per heavy atom. The zero-order chi connectivity index (χ0) is 16.8. The van der Waals surface area contributed by atoms with Gasteiger partial charge in [-0.2, -0.15) is 0 Å². The summed E-state index contributed by atoms with van der Waals surface area (Å²) in [5.41, 5.74) is 7.25. The molecule has 0 atom stereocenters. The van der Waals surface area contributed by atoms with Crippen LogP contribution in [0.1, 0.15) is 11.3 Å². The third-order valence-electron chi connectivity index (χ3n) is 3.30. The molecule has 0 amide bonds. The van der Waals surface area contributed by atoms with E-state index < -0.39 is 0 Å². The van der Waals surface area contributed by atoms with Crippen molar-refractivity contribution in [3.05, 3.63) is 84.2 Å². The molecule has 1 heterocycles. The highest BCUT2D eigenvalue weighted by molar-refractivity contribution is 7.80. The Balaban J connectivity index is 1.66. The average Bonchev–Trinajstić information content (AvgIpc) is 2.62. The van der Waals surface area contributed by atoms with Gasteiger partial charge in [-0.05, 0) is 42.0 Å². The molecule has 0 radical (unpaired) electrons. The first-order chi connectivity index (χ1) is 11.7. The van der Waals surface area contributed by atoms with Crippen molar-refractivity contribution in [3.8, 4) is 17.2 Å². The van der Waals surface area contributed by atoms with Gasteiger partial charge in [-0.3, -0.25) is 0 Å². The highest BCUT2D eigenvalue weighted by atomic mass is 32.1. The van der Waals surface area contributed by atoms with E-state index in [0.717, 1.165) is 11.3 Å². The minimum Gasteiger partial charge on any atom is -0.489 e. The summed E-state index contributed by atoms with van der Waals surface area (Å²) in [6.45, 7) is 0.523. The molecule has 4 nitrogen and oxygen atoms in total. The van der Waals surface area contributed by atoms with Gasteiger partial charge in [-0.15, -0.1) is 0 Å². The molecular weight excluding hydrogens is 320 g/mol. The molecule has 5 heteroatoms. The first kappa shape index (κ1) is 16.0. The molecule has 0 saturated heterocycles. The molecule has 0 saturated carbocycles. The zero-order valence-electron chi connectivity index (χ0n) is 12.9. The molecule has 3 aromatic rings. The van der Waals surface area contributed by atoms with Crippen molar-refractivity contribution in [2.75, 3.05) is 0 Å². The molecule has 0 fully saturated rings. The Bertz CT molecular complexity index is 820. The highest BCUT2D eigenvalue weighted by Gasteiger charge is 2.08. The molecule has 3 rings (SSSR count). The number of ether oxygens (including phenoxy) is 2. The van der Waals surface area contributed by atoms with Crippen LogP contribution in [0.5, 0.6) is 17.2 Å². The Morgan fingerprint density at radius 1 is 0.917 bits per heavy atom. The van der Waals surface area contributed by atoms with Crippen LogP contribution in [-0.2, 0) is 6.61 Å². The summed E-state index contributed by atoms with van der Waals surface area (Å²) in [7, 11) is 0. The molecule has 0 bridgehead atoms. The van der Waals surface area contributed by atoms with Gasteiger partial charge in [0.2, 0.25) is 0 Å². The van der Waals surface area contributed by atoms with Crippen LogP contribution in [0.4, 0.5) is 0 Å². The largest absolute Gasteiger partial charge is 0.489 e. The number of hydrogen-bond acceptors (Lipinski definition) is 4. The first-order valence-corrected chi connectivity index (χ1v) is 7.82. The van der Waals surface area contributed by atoms with Crippen molar-refractivity contribution in [1.29, 1.82) is 0 Å². The number of benzene rings is 2. The smallest absolute Gasteiger partial charge is 0.156 e. The summed E-state index contributed by atoms with van der Waals surface area (Å²) in [6.07, 6.45) is 1.63. The minimum atomic E-state index is 0.202. The van der Waals surface area contributed by atoms with Crippen LogP contribution in [0, 0.1) is 0 Å². The van der Waals surface area contributed by atoms with Crippen molar-refractivity contribution >= 4 is 17.2 Å². The fourth-order valence-corrected chi connectivity index (χ4v) is 2.28. The molecule has 120 valence electrons. The van der Waals surface area contributed by atoms with E-state index in [0.29, 0.717) is 23.8 Å². The van der Waals surface area contributed by atoms with Crippen molar-refractivity contribution in [2.24, 2.45) is 5.73 Å². The van der Waals surface area contributed by atoms with E-state index in [9.17, 15) is 0 Å². The fraction of sp³-hybridized carbons (Fsp3) is 0.0526. The van der Waals surface area contributed by atoms with Crippen molar-refractivity contribution in [2.45, 2.75) is 6.61 Å². The average molecular weight is 336 g/mol. The molecule has 0 aliphatic carbocycles. The molecule has 1 aromatic heterocycles. The molecular formula is C19H16N2O2S. The summed E-state index contributed by atoms with van der Waals surface area (Å²) >= 11 is 4.98. The predicted molar refractivity (Wildman–Crippen MR) is 97.4 cm³/mol. The summed E-state index contributed by atoms with van der Waals surface area (Å²) in [6, 6.07) is 20.9. The number of rotatable bonds is 6. The lowest BCUT2D eigenvalue weighted by atomic mass is 10.2. The Hall–Kier alpha value is -2.92. The van der Waals surface area contributed by atoms with Crippen LogP contribution in [0.3, 0.4) is 0 Å². The second-order valence-corrected chi connectivity index (χ2v) is 5.50. The lowest BCUT2D eigenvalue weighted by molar-refractivity contribution is 0.306. The van der Waals surface area contributed by atoms with E-state index >= 15 is 0 Å². The van der Waals surface area contributed by atoms with Gasteiger partial charge >= 0.3 is 0 Å². The van der Waals surface area contributed by atoms with E-state index in [1.54, 1.807) is 18.3 Å². The van der Waals surface area contributed by atoms with Crippen molar-refractivity contribution < 1.29 is 9.47 Å². The molecule has 0 aliphatic rings. The lowest BCUT2D eigenvalue weighted by Gasteiger charge is -2.10. The van der Waals surface area contributed by atoms with E-state index in [1.807, 2.05) is 54.6 Å². The Kier molecular flexibility index (Phi) is 5.03. The van der Waals surface area contributed by atoms with Gasteiger partial charge in [-0.1, -0.05) is 42.5 Å². The Morgan fingerprint density at radius 2 is 1.62 bits per heavy atom. The quantitative estimate of drug-likeness (QED) is 0.687. The van der Waals surface area contributed by atoms with Gasteiger partial charge in [0.05, 0.1) is 0 Å². The van der Waals surface area contributed by atoms with Gasteiger partial charge in [0.15, 0.2) is 5.75 Å². The van der Waals surface area contributed by atoms with E-state index in [2.05, 4.69) is 4.98 Å². The van der Waals surface area contributed by atoms with Crippen LogP contribution in [0.25, 0.3) is 0 Å². The number of hydrogen-bond donors (Lipinski definition) is 1. The maximum Gasteiger partial charge on any atom is 0.156 e. The van der Waals surface area contributed by atoms with Crippen LogP contribution in [0.2, 0.25) is 0 Å². The van der Waals surface area contributed by atoms with E-state index in [4.69, 9.17) is 27.4 Å². The molecule has 0 aliphatic heterocycles. The molecule has 0 spiro atoms. The lowest BCUT2D eigenvalue weighted by Crippen LogP contribution is -2.12. The maximum absolute atomic E-state index is 5.80. The maximum atomic E-state index is 5.80. The van der Waals surface area contributed by atoms with Crippen LogP contribution >= 0.6 is 12.2 Å². The molecule has 24 heavy (non-hydrogen) atoms. The normalized spacial score (nSPS) is 10.2. The van der Waals surface area contributed by atoms with Gasteiger partial charge in [-0.25, -0.2) is 4.98 Å². The molecule has 2 N–H and O–H groups in total. The van der Waals surface area contributed by atoms with Crippen molar-refractivity contribution in [3.63, 3.8) is 0 Å². The zero-order valence-corrected chi connectivity index (χ0v) is 13.7. The second kappa shape index (κ2) is 7.57. The third kappa shape index (κ3) is 4.08. The number of thiocarbonyl (C=S) groups is 1. The summed E-state index contributed by atoms with van der Waals surface area (Å²) in [5, 5.41) is 0. The van der Waals surface area contributed by atoms with Gasteiger partial charge < -0.3 is 15.2 Å². The minimum absolute atomic E-state index is 0.202. The summed E-state index contributed by atoms with van der Waals surface area (Å²) in [5.74, 6) is 1.96. The van der Waals surface area contributed by atoms with Crippen molar-refractivity contribution in [1.82, 2.24) is 4.98 Å². The third-order valence-corrected chi connectivity index (χ3v) is 3.50. The van der Waals surface area contributed by atoms with Gasteiger partial charge in [0, 0.05) is 6.20 Å².